The van der Waals surface area contributed by atoms with Gasteiger partial charge in [0.25, 0.3) is 0 Å². The molecular weight excluding hydrogens is 805 g/mol. The third kappa shape index (κ3) is 13.0. The highest BCUT2D eigenvalue weighted by molar-refractivity contribution is 5.88. The van der Waals surface area contributed by atoms with Gasteiger partial charge in [0.15, 0.2) is 0 Å². The van der Waals surface area contributed by atoms with Gasteiger partial charge < -0.3 is 13.7 Å². The fourth-order valence-electron chi connectivity index (χ4n) is 10.3. The number of rotatable bonds is 30. The topological polar surface area (TPSA) is 53.5 Å². The molecule has 6 nitrogen and oxygen atoms in total. The van der Waals surface area contributed by atoms with Crippen molar-refractivity contribution in [2.24, 2.45) is 0 Å². The zero-order valence-corrected chi connectivity index (χ0v) is 42.2. The number of fused-ring (bicyclic) bond motifs is 3. The lowest BCUT2D eigenvalue weighted by Gasteiger charge is -2.15. The van der Waals surface area contributed by atoms with Crippen molar-refractivity contribution < 1.29 is 0 Å². The van der Waals surface area contributed by atoms with Gasteiger partial charge in [0.05, 0.1) is 33.1 Å². The molecule has 0 aliphatic rings. The zero-order valence-electron chi connectivity index (χ0n) is 42.2. The SMILES string of the molecule is CCCCCCCCCCn1c(-c2cc(-c3nc4ccc(C)cc4n3CCCCCCCCCC)cc(-c3nc4ccc(C)cc4n3CCCCCCCCCC)c2)nc2ccc(C)cc21. The number of unbranched alkanes of at least 4 members (excludes halogenated alkanes) is 21. The molecule has 4 aromatic carbocycles. The van der Waals surface area contributed by atoms with Gasteiger partial charge in [-0.15, -0.1) is 0 Å². The number of aromatic nitrogens is 6. The molecule has 6 heteroatoms. The van der Waals surface area contributed by atoms with E-state index in [0.29, 0.717) is 0 Å². The normalized spacial score (nSPS) is 11.9. The van der Waals surface area contributed by atoms with Gasteiger partial charge in [-0.2, -0.15) is 0 Å². The van der Waals surface area contributed by atoms with Gasteiger partial charge in [-0.05, 0) is 111 Å². The van der Waals surface area contributed by atoms with Crippen LogP contribution in [0.1, 0.15) is 192 Å². The van der Waals surface area contributed by atoms with Gasteiger partial charge in [-0.3, -0.25) is 0 Å². The van der Waals surface area contributed by atoms with E-state index in [1.807, 2.05) is 0 Å². The molecule has 0 N–H and O–H groups in total. The second kappa shape index (κ2) is 25.4. The average Bonchev–Trinajstić information content (AvgIpc) is 3.99. The van der Waals surface area contributed by atoms with Gasteiger partial charge in [0.1, 0.15) is 17.5 Å². The number of benzene rings is 4. The van der Waals surface area contributed by atoms with E-state index in [9.17, 15) is 0 Å². The average molecular weight is 889 g/mol. The number of aryl methyl sites for hydroxylation is 6. The van der Waals surface area contributed by atoms with Crippen molar-refractivity contribution in [1.82, 2.24) is 28.7 Å². The maximum Gasteiger partial charge on any atom is 0.141 e. The van der Waals surface area contributed by atoms with E-state index in [-0.39, 0.29) is 0 Å². The highest BCUT2D eigenvalue weighted by atomic mass is 15.1. The van der Waals surface area contributed by atoms with Crippen molar-refractivity contribution in [2.75, 3.05) is 0 Å². The minimum absolute atomic E-state index is 0.955. The van der Waals surface area contributed by atoms with E-state index in [2.05, 4.69) is 128 Å². The molecule has 0 saturated heterocycles. The Balaban J connectivity index is 1.31. The van der Waals surface area contributed by atoms with Gasteiger partial charge in [-0.25, -0.2) is 15.0 Å². The summed E-state index contributed by atoms with van der Waals surface area (Å²) < 4.78 is 7.59. The summed E-state index contributed by atoms with van der Waals surface area (Å²) in [6, 6.07) is 27.5. The predicted octanol–water partition coefficient (Wildman–Crippen LogP) is 18.1. The van der Waals surface area contributed by atoms with Crippen molar-refractivity contribution in [3.8, 4) is 34.2 Å². The Bertz CT molecular complexity index is 2270. The van der Waals surface area contributed by atoms with Crippen molar-refractivity contribution in [1.29, 1.82) is 0 Å². The van der Waals surface area contributed by atoms with Crippen molar-refractivity contribution in [2.45, 2.75) is 215 Å². The zero-order chi connectivity index (χ0) is 46.1. The summed E-state index contributed by atoms with van der Waals surface area (Å²) in [5, 5.41) is 0. The molecule has 3 heterocycles. The van der Waals surface area contributed by atoms with Crippen LogP contribution < -0.4 is 0 Å². The van der Waals surface area contributed by atoms with E-state index in [4.69, 9.17) is 15.0 Å². The standard InChI is InChI=1S/C60H84N6/c1-7-10-13-16-19-22-25-28-37-64-55-40-46(4)31-34-52(55)61-58(64)49-43-50(59-62-53-35-32-47(5)41-56(53)65(59)38-29-26-23-20-17-14-11-8-2)45-51(44-49)60-63-54-36-33-48(6)42-57(54)66(60)39-30-27-24-21-18-15-12-9-3/h31-36,40-45H,7-30,37-39H2,1-6H3. The number of imidazole rings is 3. The largest absolute Gasteiger partial charge is 0.324 e. The van der Waals surface area contributed by atoms with Crippen LogP contribution in [0.4, 0.5) is 0 Å². The summed E-state index contributed by atoms with van der Waals surface area (Å²) in [6.45, 7) is 16.4. The highest BCUT2D eigenvalue weighted by Gasteiger charge is 2.22. The summed E-state index contributed by atoms with van der Waals surface area (Å²) in [5.74, 6) is 3.14. The van der Waals surface area contributed by atoms with Crippen LogP contribution in [0.3, 0.4) is 0 Å². The third-order valence-electron chi connectivity index (χ3n) is 14.1. The van der Waals surface area contributed by atoms with E-state index >= 15 is 0 Å². The molecule has 7 aromatic rings. The molecule has 3 aromatic heterocycles. The molecule has 354 valence electrons. The van der Waals surface area contributed by atoms with Crippen molar-refractivity contribution >= 4 is 33.1 Å². The maximum atomic E-state index is 5.50. The molecular formula is C60H84N6. The molecule has 0 saturated carbocycles. The maximum absolute atomic E-state index is 5.50. The Morgan fingerprint density at radius 1 is 0.303 bits per heavy atom. The quantitative estimate of drug-likeness (QED) is 0.0423. The number of nitrogens with zero attached hydrogens (tertiary/aromatic N) is 6. The lowest BCUT2D eigenvalue weighted by Crippen LogP contribution is -2.05. The molecule has 66 heavy (non-hydrogen) atoms. The first-order valence-electron chi connectivity index (χ1n) is 26.9. The van der Waals surface area contributed by atoms with Crippen LogP contribution in [0.5, 0.6) is 0 Å². The molecule has 0 radical (unpaired) electrons. The molecule has 0 fully saturated rings. The fraction of sp³-hybridized carbons (Fsp3) is 0.550. The summed E-state index contributed by atoms with van der Waals surface area (Å²) in [6.07, 6.45) is 31.2. The molecule has 0 aliphatic carbocycles. The summed E-state index contributed by atoms with van der Waals surface area (Å²) in [7, 11) is 0. The minimum atomic E-state index is 0.955. The Morgan fingerprint density at radius 3 is 0.803 bits per heavy atom. The minimum Gasteiger partial charge on any atom is -0.324 e. The van der Waals surface area contributed by atoms with Crippen LogP contribution in [0, 0.1) is 20.8 Å². The monoisotopic (exact) mass is 889 g/mol. The molecule has 0 unspecified atom stereocenters. The molecule has 0 amide bonds. The summed E-state index contributed by atoms with van der Waals surface area (Å²) in [4.78, 5) is 16.5. The first-order chi connectivity index (χ1) is 32.4. The van der Waals surface area contributed by atoms with Crippen molar-refractivity contribution in [3.05, 3.63) is 89.5 Å². The molecule has 0 bridgehead atoms. The van der Waals surface area contributed by atoms with E-state index in [1.54, 1.807) is 0 Å². The lowest BCUT2D eigenvalue weighted by molar-refractivity contribution is 0.549. The number of hydrogen-bond donors (Lipinski definition) is 0. The predicted molar refractivity (Wildman–Crippen MR) is 285 cm³/mol. The van der Waals surface area contributed by atoms with E-state index in [0.717, 1.165) is 89.6 Å². The second-order valence-corrected chi connectivity index (χ2v) is 20.0. The molecule has 0 atom stereocenters. The van der Waals surface area contributed by atoms with Crippen LogP contribution in [0.15, 0.2) is 72.8 Å². The summed E-state index contributed by atoms with van der Waals surface area (Å²) >= 11 is 0. The van der Waals surface area contributed by atoms with Crippen molar-refractivity contribution in [3.63, 3.8) is 0 Å². The smallest absolute Gasteiger partial charge is 0.141 e. The molecule has 0 aliphatic heterocycles. The van der Waals surface area contributed by atoms with E-state index in [1.165, 1.54) is 168 Å². The molecule has 7 rings (SSSR count). The second-order valence-electron chi connectivity index (χ2n) is 20.0. The first kappa shape index (κ1) is 49.2. The lowest BCUT2D eigenvalue weighted by atomic mass is 10.0. The van der Waals surface area contributed by atoms with Gasteiger partial charge in [0.2, 0.25) is 0 Å². The Kier molecular flexibility index (Phi) is 19.0. The number of hydrogen-bond acceptors (Lipinski definition) is 3. The third-order valence-corrected chi connectivity index (χ3v) is 14.1. The van der Waals surface area contributed by atoms with Gasteiger partial charge in [0, 0.05) is 36.3 Å². The Morgan fingerprint density at radius 2 is 0.545 bits per heavy atom. The Labute approximate surface area is 399 Å². The fourth-order valence-corrected chi connectivity index (χ4v) is 10.3. The van der Waals surface area contributed by atoms with Gasteiger partial charge >= 0.3 is 0 Å². The van der Waals surface area contributed by atoms with Crippen LogP contribution >= 0.6 is 0 Å². The highest BCUT2D eigenvalue weighted by Crippen LogP contribution is 2.37. The van der Waals surface area contributed by atoms with Crippen LogP contribution in [-0.4, -0.2) is 28.7 Å². The van der Waals surface area contributed by atoms with Gasteiger partial charge in [-0.1, -0.05) is 174 Å². The Hall–Kier alpha value is -4.71. The molecule has 0 spiro atoms. The first-order valence-corrected chi connectivity index (χ1v) is 26.9. The van der Waals surface area contributed by atoms with Crippen LogP contribution in [0.2, 0.25) is 0 Å². The summed E-state index contributed by atoms with van der Waals surface area (Å²) in [5.41, 5.74) is 14.1. The van der Waals surface area contributed by atoms with Crippen LogP contribution in [0.25, 0.3) is 67.3 Å². The van der Waals surface area contributed by atoms with Crippen LogP contribution in [-0.2, 0) is 19.6 Å². The van der Waals surface area contributed by atoms with E-state index < -0.39 is 0 Å².